The zero-order chi connectivity index (χ0) is 30.8. The Labute approximate surface area is 244 Å². The summed E-state index contributed by atoms with van der Waals surface area (Å²) in [4.78, 5) is 33.1. The van der Waals surface area contributed by atoms with Gasteiger partial charge in [0, 0.05) is 31.0 Å². The van der Waals surface area contributed by atoms with Crippen molar-refractivity contribution in [2.24, 2.45) is 0 Å². The number of carbonyl (C=O) groups is 1. The van der Waals surface area contributed by atoms with E-state index < -0.39 is 25.5 Å². The second-order valence-corrected chi connectivity index (χ2v) is 11.6. The number of nitrogens with one attached hydrogen (secondary N) is 3. The lowest BCUT2D eigenvalue weighted by atomic mass is 10.0. The molecule has 226 valence electrons. The number of hydrogen-bond acceptors (Lipinski definition) is 11. The molecule has 4 N–H and O–H groups in total. The number of alkyl halides is 3. The number of anilines is 4. The molecule has 2 aromatic heterocycles. The standard InChI is InChI=1S/C26H27F3N9O4P/c1-4-41-43(40,42-5-2)14-15-6-8-16(9-7-15)31-25-30-12-19(26(27,28)29)23(33-25)32-20-11-10-17(22-34-36-37-35-22)18-13-38(3)24(39)21(18)20/h6-12,40H,4-5,13-14H2,1-3H3,(H2-,30,31,32,33,34,35,36,37,39)/p+1. The van der Waals surface area contributed by atoms with Crippen LogP contribution >= 0.6 is 7.94 Å². The molecule has 5 rings (SSSR count). The molecule has 0 aliphatic carbocycles. The lowest BCUT2D eigenvalue weighted by Crippen LogP contribution is -2.18. The fourth-order valence-electron chi connectivity index (χ4n) is 4.60. The molecule has 0 atom stereocenters. The molecule has 1 aliphatic rings. The van der Waals surface area contributed by atoms with Crippen molar-refractivity contribution >= 4 is 37.0 Å². The van der Waals surface area contributed by atoms with Crippen molar-refractivity contribution in [3.63, 3.8) is 0 Å². The van der Waals surface area contributed by atoms with E-state index in [1.54, 1.807) is 51.2 Å². The highest BCUT2D eigenvalue weighted by Gasteiger charge is 2.40. The smallest absolute Gasteiger partial charge is 0.339 e. The summed E-state index contributed by atoms with van der Waals surface area (Å²) < 4.78 is 52.8. The minimum absolute atomic E-state index is 0.112. The zero-order valence-corrected chi connectivity index (χ0v) is 24.2. The number of aromatic nitrogens is 6. The molecule has 4 aromatic rings. The number of aromatic amines is 1. The normalized spacial score (nSPS) is 13.4. The molecule has 43 heavy (non-hydrogen) atoms. The van der Waals surface area contributed by atoms with Crippen LogP contribution in [0.25, 0.3) is 11.4 Å². The van der Waals surface area contributed by atoms with E-state index in [1.165, 1.54) is 11.0 Å². The molecule has 0 unspecified atom stereocenters. The van der Waals surface area contributed by atoms with E-state index in [0.717, 1.165) is 5.56 Å². The van der Waals surface area contributed by atoms with Crippen LogP contribution in [-0.2, 0) is 27.9 Å². The van der Waals surface area contributed by atoms with Crippen molar-refractivity contribution in [1.82, 2.24) is 35.5 Å². The lowest BCUT2D eigenvalue weighted by Gasteiger charge is -2.17. The van der Waals surface area contributed by atoms with E-state index in [9.17, 15) is 22.9 Å². The summed E-state index contributed by atoms with van der Waals surface area (Å²) in [6.45, 7) is 4.32. The predicted molar refractivity (Wildman–Crippen MR) is 152 cm³/mol. The maximum atomic E-state index is 14.0. The molecule has 0 spiro atoms. The highest BCUT2D eigenvalue weighted by Crippen LogP contribution is 2.59. The van der Waals surface area contributed by atoms with Gasteiger partial charge in [0.05, 0.1) is 24.5 Å². The summed E-state index contributed by atoms with van der Waals surface area (Å²) in [5.41, 5.74) is 1.51. The molecule has 3 heterocycles. The zero-order valence-electron chi connectivity index (χ0n) is 23.3. The van der Waals surface area contributed by atoms with Gasteiger partial charge in [0.1, 0.15) is 11.4 Å². The monoisotopic (exact) mass is 618 g/mol. The highest BCUT2D eigenvalue weighted by atomic mass is 31.2. The van der Waals surface area contributed by atoms with Crippen LogP contribution in [0.5, 0.6) is 0 Å². The van der Waals surface area contributed by atoms with E-state index in [2.05, 4.69) is 41.2 Å². The molecule has 17 heteroatoms. The molecule has 1 aliphatic heterocycles. The Morgan fingerprint density at radius 1 is 1.09 bits per heavy atom. The molecule has 0 saturated heterocycles. The van der Waals surface area contributed by atoms with Gasteiger partial charge >= 0.3 is 14.1 Å². The van der Waals surface area contributed by atoms with Crippen molar-refractivity contribution in [1.29, 1.82) is 0 Å². The van der Waals surface area contributed by atoms with Crippen LogP contribution in [0.3, 0.4) is 0 Å². The molecule has 0 fully saturated rings. The van der Waals surface area contributed by atoms with Gasteiger partial charge in [-0.05, 0) is 54.5 Å². The molecule has 0 radical (unpaired) electrons. The number of benzene rings is 2. The third-order valence-electron chi connectivity index (χ3n) is 6.46. The van der Waals surface area contributed by atoms with Gasteiger partial charge < -0.3 is 15.5 Å². The van der Waals surface area contributed by atoms with Crippen molar-refractivity contribution in [2.45, 2.75) is 32.7 Å². The highest BCUT2D eigenvalue weighted by molar-refractivity contribution is 7.59. The van der Waals surface area contributed by atoms with Gasteiger partial charge in [-0.2, -0.15) is 37.3 Å². The minimum Gasteiger partial charge on any atom is -0.339 e. The van der Waals surface area contributed by atoms with Crippen LogP contribution in [0.15, 0.2) is 42.6 Å². The Bertz CT molecular complexity index is 1600. The Hall–Kier alpha value is -4.24. The predicted octanol–water partition coefficient (Wildman–Crippen LogP) is 5.08. The van der Waals surface area contributed by atoms with Gasteiger partial charge in [-0.3, -0.25) is 4.79 Å². The molecule has 1 amide bonds. The first kappa shape index (κ1) is 30.2. The van der Waals surface area contributed by atoms with Crippen LogP contribution < -0.4 is 10.6 Å². The minimum atomic E-state index is -4.78. The molecule has 0 saturated carbocycles. The number of amides is 1. The average Bonchev–Trinajstić information content (AvgIpc) is 3.58. The molecule has 2 aromatic carbocycles. The maximum Gasteiger partial charge on any atom is 0.421 e. The molecular formula is C26H28F3N9O4P+. The summed E-state index contributed by atoms with van der Waals surface area (Å²) in [6, 6.07) is 9.88. The Morgan fingerprint density at radius 3 is 2.44 bits per heavy atom. The number of tetrazole rings is 1. The summed E-state index contributed by atoms with van der Waals surface area (Å²) in [6.07, 6.45) is -3.94. The van der Waals surface area contributed by atoms with Crippen LogP contribution in [0.4, 0.5) is 36.3 Å². The number of halogens is 3. The second kappa shape index (κ2) is 12.2. The third kappa shape index (κ3) is 6.57. The molecular weight excluding hydrogens is 590 g/mol. The maximum absolute atomic E-state index is 14.0. The first-order chi connectivity index (χ1) is 20.5. The Balaban J connectivity index is 1.43. The Morgan fingerprint density at radius 2 is 1.81 bits per heavy atom. The number of nitrogens with zero attached hydrogens (tertiary/aromatic N) is 6. The number of rotatable bonds is 11. The van der Waals surface area contributed by atoms with E-state index in [0.29, 0.717) is 36.2 Å². The lowest BCUT2D eigenvalue weighted by molar-refractivity contribution is -0.137. The fraction of sp³-hybridized carbons (Fsp3) is 0.308. The number of fused-ring (bicyclic) bond motifs is 1. The van der Waals surface area contributed by atoms with Crippen LogP contribution in [0.1, 0.15) is 40.9 Å². The van der Waals surface area contributed by atoms with Gasteiger partial charge in [0.25, 0.3) is 5.91 Å². The van der Waals surface area contributed by atoms with E-state index >= 15 is 0 Å². The van der Waals surface area contributed by atoms with Gasteiger partial charge in [0.15, 0.2) is 6.16 Å². The van der Waals surface area contributed by atoms with Crippen molar-refractivity contribution < 1.29 is 31.9 Å². The van der Waals surface area contributed by atoms with Crippen LogP contribution in [0, 0.1) is 0 Å². The summed E-state index contributed by atoms with van der Waals surface area (Å²) in [5.74, 6) is -0.781. The summed E-state index contributed by atoms with van der Waals surface area (Å²) in [7, 11) is -1.48. The van der Waals surface area contributed by atoms with Gasteiger partial charge in [-0.1, -0.05) is 12.1 Å². The topological polar surface area (TPSA) is 163 Å². The molecule has 13 nitrogen and oxygen atoms in total. The first-order valence-electron chi connectivity index (χ1n) is 13.1. The molecule has 0 bridgehead atoms. The van der Waals surface area contributed by atoms with Gasteiger partial charge in [-0.15, -0.1) is 10.2 Å². The van der Waals surface area contributed by atoms with E-state index in [-0.39, 0.29) is 41.6 Å². The quantitative estimate of drug-likeness (QED) is 0.166. The van der Waals surface area contributed by atoms with Gasteiger partial charge in [0.2, 0.25) is 11.8 Å². The van der Waals surface area contributed by atoms with Crippen molar-refractivity contribution in [2.75, 3.05) is 30.9 Å². The number of hydrogen-bond donors (Lipinski definition) is 4. The van der Waals surface area contributed by atoms with E-state index in [1.807, 2.05) is 0 Å². The van der Waals surface area contributed by atoms with Crippen LogP contribution in [0.2, 0.25) is 0 Å². The fourth-order valence-corrected chi connectivity index (χ4v) is 6.34. The number of H-pyrrole nitrogens is 1. The number of carbonyl (C=O) groups excluding carboxylic acids is 1. The van der Waals surface area contributed by atoms with Crippen molar-refractivity contribution in [3.05, 3.63) is 64.8 Å². The van der Waals surface area contributed by atoms with Gasteiger partial charge in [-0.25, -0.2) is 4.98 Å². The van der Waals surface area contributed by atoms with E-state index in [4.69, 9.17) is 9.05 Å². The van der Waals surface area contributed by atoms with Crippen LogP contribution in [-0.4, -0.2) is 66.6 Å². The summed E-state index contributed by atoms with van der Waals surface area (Å²) in [5, 5.41) is 19.4. The Kier molecular flexibility index (Phi) is 8.55. The third-order valence-corrected chi connectivity index (χ3v) is 8.54. The SMILES string of the molecule is CCO[P+](O)(Cc1ccc(Nc2ncc(C(F)(F)F)c(Nc3ccc(-c4nn[nH]n4)c4c3C(=O)N(C)C4)n2)cc1)OCC. The summed E-state index contributed by atoms with van der Waals surface area (Å²) >= 11 is 0. The first-order valence-corrected chi connectivity index (χ1v) is 14.9. The average molecular weight is 619 g/mol. The largest absolute Gasteiger partial charge is 0.421 e. The van der Waals surface area contributed by atoms with Crippen molar-refractivity contribution in [3.8, 4) is 11.4 Å². The second-order valence-electron chi connectivity index (χ2n) is 9.44.